The van der Waals surface area contributed by atoms with Crippen molar-refractivity contribution in [2.75, 3.05) is 13.2 Å². The molecule has 0 aromatic heterocycles. The second-order valence-electron chi connectivity index (χ2n) is 20.2. The van der Waals surface area contributed by atoms with Gasteiger partial charge in [-0.25, -0.2) is 0 Å². The van der Waals surface area contributed by atoms with Crippen LogP contribution in [0, 0.1) is 0 Å². The molecule has 0 saturated heterocycles. The van der Waals surface area contributed by atoms with Gasteiger partial charge >= 0.3 is 17.9 Å². The molecule has 70 heavy (non-hydrogen) atoms. The predicted molar refractivity (Wildman–Crippen MR) is 302 cm³/mol. The van der Waals surface area contributed by atoms with Gasteiger partial charge in [0, 0.05) is 19.3 Å². The van der Waals surface area contributed by atoms with E-state index in [0.29, 0.717) is 19.3 Å². The monoisotopic (exact) mass is 979 g/mol. The summed E-state index contributed by atoms with van der Waals surface area (Å²) in [6.07, 6.45) is 73.6. The Balaban J connectivity index is 4.32. The first-order chi connectivity index (χ1) is 34.5. The molecule has 0 aromatic carbocycles. The SMILES string of the molecule is CC/C=C\C/C=C\C/C=C\C/C=C\CCCCCCCCCCC(=O)OCC(COC(=O)CCCCCCC/C=C\CCCCC)OC(=O)CCCCCCCCCCCCCCCCCCCCC. The van der Waals surface area contributed by atoms with Crippen LogP contribution in [0.2, 0.25) is 0 Å². The second-order valence-corrected chi connectivity index (χ2v) is 20.2. The number of allylic oxidation sites excluding steroid dienone is 10. The molecule has 0 aromatic rings. The molecule has 0 fully saturated rings. The third-order valence-corrected chi connectivity index (χ3v) is 13.3. The van der Waals surface area contributed by atoms with Crippen molar-refractivity contribution in [2.45, 2.75) is 316 Å². The summed E-state index contributed by atoms with van der Waals surface area (Å²) in [4.78, 5) is 38.2. The van der Waals surface area contributed by atoms with E-state index >= 15 is 0 Å². The standard InChI is InChI=1S/C64H114O6/c1-4-7-10-13-16-19-22-25-27-29-31-32-34-35-37-39-42-45-48-51-54-57-63(66)69-60-61(59-68-62(65)56-53-50-47-44-41-24-21-18-15-12-9-6-3)70-64(67)58-55-52-49-46-43-40-38-36-33-30-28-26-23-20-17-14-11-8-5-2/h7,10,16,18-19,21,25,27,31-32,61H,4-6,8-9,11-15,17,20,22-24,26,28-30,33-60H2,1-3H3/b10-7-,19-16-,21-18-,27-25-,32-31-. The molecule has 0 N–H and O–H groups in total. The van der Waals surface area contributed by atoms with Crippen molar-refractivity contribution in [1.82, 2.24) is 0 Å². The van der Waals surface area contributed by atoms with Crippen LogP contribution in [0.15, 0.2) is 60.8 Å². The van der Waals surface area contributed by atoms with E-state index in [1.807, 2.05) is 0 Å². The quantitative estimate of drug-likeness (QED) is 0.0261. The average molecular weight is 980 g/mol. The Hall–Kier alpha value is -2.89. The van der Waals surface area contributed by atoms with Gasteiger partial charge in [-0.15, -0.1) is 0 Å². The molecular formula is C64H114O6. The molecule has 1 unspecified atom stereocenters. The summed E-state index contributed by atoms with van der Waals surface area (Å²) in [5, 5.41) is 0. The number of hydrogen-bond donors (Lipinski definition) is 0. The summed E-state index contributed by atoms with van der Waals surface area (Å²) < 4.78 is 16.9. The van der Waals surface area contributed by atoms with E-state index in [1.165, 1.54) is 173 Å². The van der Waals surface area contributed by atoms with Crippen LogP contribution in [0.4, 0.5) is 0 Å². The maximum Gasteiger partial charge on any atom is 0.306 e. The number of carbonyl (C=O) groups is 3. The fourth-order valence-electron chi connectivity index (χ4n) is 8.72. The normalized spacial score (nSPS) is 12.4. The number of esters is 3. The maximum atomic E-state index is 12.9. The molecule has 0 radical (unpaired) electrons. The fourth-order valence-corrected chi connectivity index (χ4v) is 8.72. The largest absolute Gasteiger partial charge is 0.462 e. The Morgan fingerprint density at radius 3 is 0.914 bits per heavy atom. The van der Waals surface area contributed by atoms with E-state index in [-0.39, 0.29) is 31.1 Å². The smallest absolute Gasteiger partial charge is 0.306 e. The summed E-state index contributed by atoms with van der Waals surface area (Å²) >= 11 is 0. The zero-order chi connectivity index (χ0) is 50.7. The van der Waals surface area contributed by atoms with Crippen molar-refractivity contribution in [3.05, 3.63) is 60.8 Å². The van der Waals surface area contributed by atoms with Gasteiger partial charge in [0.15, 0.2) is 6.10 Å². The first kappa shape index (κ1) is 67.1. The number of carbonyl (C=O) groups excluding carboxylic acids is 3. The molecule has 6 heteroatoms. The highest BCUT2D eigenvalue weighted by atomic mass is 16.6. The van der Waals surface area contributed by atoms with Crippen LogP contribution in [-0.4, -0.2) is 37.2 Å². The van der Waals surface area contributed by atoms with Crippen LogP contribution in [0.3, 0.4) is 0 Å². The summed E-state index contributed by atoms with van der Waals surface area (Å²) in [6, 6.07) is 0. The molecule has 0 spiro atoms. The third-order valence-electron chi connectivity index (χ3n) is 13.3. The minimum atomic E-state index is -0.779. The molecule has 0 heterocycles. The molecule has 0 aliphatic carbocycles. The van der Waals surface area contributed by atoms with Gasteiger partial charge in [0.1, 0.15) is 13.2 Å². The highest BCUT2D eigenvalue weighted by Gasteiger charge is 2.19. The van der Waals surface area contributed by atoms with Crippen molar-refractivity contribution >= 4 is 17.9 Å². The minimum absolute atomic E-state index is 0.0783. The van der Waals surface area contributed by atoms with E-state index in [2.05, 4.69) is 81.5 Å². The van der Waals surface area contributed by atoms with Gasteiger partial charge in [0.05, 0.1) is 0 Å². The lowest BCUT2D eigenvalue weighted by molar-refractivity contribution is -0.167. The van der Waals surface area contributed by atoms with Gasteiger partial charge < -0.3 is 14.2 Å². The Bertz CT molecular complexity index is 1260. The molecule has 0 saturated carbocycles. The number of ether oxygens (including phenoxy) is 3. The number of rotatable bonds is 55. The third kappa shape index (κ3) is 56.0. The summed E-state index contributed by atoms with van der Waals surface area (Å²) in [5.41, 5.74) is 0. The van der Waals surface area contributed by atoms with Crippen molar-refractivity contribution in [3.8, 4) is 0 Å². The summed E-state index contributed by atoms with van der Waals surface area (Å²) in [5.74, 6) is -0.879. The van der Waals surface area contributed by atoms with Crippen molar-refractivity contribution < 1.29 is 28.6 Å². The van der Waals surface area contributed by atoms with Gasteiger partial charge in [0.25, 0.3) is 0 Å². The van der Waals surface area contributed by atoms with Crippen LogP contribution >= 0.6 is 0 Å². The molecule has 0 rings (SSSR count). The van der Waals surface area contributed by atoms with Crippen molar-refractivity contribution in [3.63, 3.8) is 0 Å². The molecule has 0 aliphatic rings. The van der Waals surface area contributed by atoms with Crippen LogP contribution in [0.25, 0.3) is 0 Å². The summed E-state index contributed by atoms with van der Waals surface area (Å²) in [6.45, 7) is 6.53. The lowest BCUT2D eigenvalue weighted by Gasteiger charge is -2.18. The van der Waals surface area contributed by atoms with Crippen LogP contribution in [0.5, 0.6) is 0 Å². The topological polar surface area (TPSA) is 78.9 Å². The van der Waals surface area contributed by atoms with Crippen LogP contribution < -0.4 is 0 Å². The molecule has 1 atom stereocenters. The van der Waals surface area contributed by atoms with Gasteiger partial charge in [-0.05, 0) is 83.5 Å². The van der Waals surface area contributed by atoms with E-state index in [1.54, 1.807) is 0 Å². The van der Waals surface area contributed by atoms with Gasteiger partial charge in [0.2, 0.25) is 0 Å². The second kappa shape index (κ2) is 58.7. The average Bonchev–Trinajstić information content (AvgIpc) is 3.36. The zero-order valence-corrected chi connectivity index (χ0v) is 46.5. The first-order valence-corrected chi connectivity index (χ1v) is 30.3. The lowest BCUT2D eigenvalue weighted by Crippen LogP contribution is -2.30. The minimum Gasteiger partial charge on any atom is -0.462 e. The molecule has 406 valence electrons. The van der Waals surface area contributed by atoms with Gasteiger partial charge in [-0.1, -0.05) is 268 Å². The van der Waals surface area contributed by atoms with E-state index in [9.17, 15) is 14.4 Å². The van der Waals surface area contributed by atoms with Gasteiger partial charge in [-0.3, -0.25) is 14.4 Å². The molecule has 0 amide bonds. The van der Waals surface area contributed by atoms with E-state index in [0.717, 1.165) is 96.3 Å². The zero-order valence-electron chi connectivity index (χ0n) is 46.5. The van der Waals surface area contributed by atoms with Crippen molar-refractivity contribution in [1.29, 1.82) is 0 Å². The Labute approximate surface area is 434 Å². The Morgan fingerprint density at radius 1 is 0.300 bits per heavy atom. The summed E-state index contributed by atoms with van der Waals surface area (Å²) in [7, 11) is 0. The lowest BCUT2D eigenvalue weighted by atomic mass is 10.0. The van der Waals surface area contributed by atoms with Gasteiger partial charge in [-0.2, -0.15) is 0 Å². The van der Waals surface area contributed by atoms with E-state index < -0.39 is 6.10 Å². The van der Waals surface area contributed by atoms with Crippen molar-refractivity contribution in [2.24, 2.45) is 0 Å². The van der Waals surface area contributed by atoms with Crippen LogP contribution in [-0.2, 0) is 28.6 Å². The first-order valence-electron chi connectivity index (χ1n) is 30.3. The Morgan fingerprint density at radius 2 is 0.557 bits per heavy atom. The van der Waals surface area contributed by atoms with E-state index in [4.69, 9.17) is 14.2 Å². The number of hydrogen-bond acceptors (Lipinski definition) is 6. The molecular weight excluding hydrogens is 865 g/mol. The molecule has 6 nitrogen and oxygen atoms in total. The van der Waals surface area contributed by atoms with Crippen LogP contribution in [0.1, 0.15) is 310 Å². The maximum absolute atomic E-state index is 12.9. The number of unbranched alkanes of at least 4 members (excludes halogenated alkanes) is 34. The molecule has 0 bridgehead atoms. The highest BCUT2D eigenvalue weighted by Crippen LogP contribution is 2.17. The molecule has 0 aliphatic heterocycles. The predicted octanol–water partition coefficient (Wildman–Crippen LogP) is 20.4. The Kier molecular flexibility index (Phi) is 56.3. The highest BCUT2D eigenvalue weighted by molar-refractivity contribution is 5.71. The fraction of sp³-hybridized carbons (Fsp3) is 0.797.